The maximum Gasteiger partial charge on any atom is 0.0639 e. The second kappa shape index (κ2) is 6.40. The van der Waals surface area contributed by atoms with Gasteiger partial charge >= 0.3 is 0 Å². The van der Waals surface area contributed by atoms with Crippen LogP contribution in [0.25, 0.3) is 0 Å². The fourth-order valence-electron chi connectivity index (χ4n) is 1.31. The number of hydrogen-bond acceptors (Lipinski definition) is 3. The predicted octanol–water partition coefficient (Wildman–Crippen LogP) is 0.724. The first-order valence-electron chi connectivity index (χ1n) is 4.52. The largest absolute Gasteiger partial charge is 0.392 e. The molecule has 0 heterocycles. The Morgan fingerprint density at radius 1 is 1.42 bits per heavy atom. The van der Waals surface area contributed by atoms with E-state index in [1.165, 1.54) is 0 Å². The number of likely N-dealkylation sites (N-methyl/N-ethyl adjacent to an activating group) is 1. The summed E-state index contributed by atoms with van der Waals surface area (Å²) in [6, 6.07) is 0.384. The summed E-state index contributed by atoms with van der Waals surface area (Å²) >= 11 is 0. The number of hydrogen-bond donors (Lipinski definition) is 1. The second-order valence-corrected chi connectivity index (χ2v) is 3.24. The van der Waals surface area contributed by atoms with Crippen LogP contribution in [0.5, 0.6) is 0 Å². The van der Waals surface area contributed by atoms with Crippen molar-refractivity contribution in [3.63, 3.8) is 0 Å². The summed E-state index contributed by atoms with van der Waals surface area (Å²) in [6.45, 7) is 8.41. The third-order valence-electron chi connectivity index (χ3n) is 1.94. The summed E-state index contributed by atoms with van der Waals surface area (Å²) < 4.78 is 5.04. The average molecular weight is 175 g/mol. The van der Waals surface area contributed by atoms with E-state index in [4.69, 9.17) is 4.74 Å². The molecule has 3 nitrogen and oxygen atoms in total. The van der Waals surface area contributed by atoms with Crippen molar-refractivity contribution in [1.29, 1.82) is 0 Å². The van der Waals surface area contributed by atoms with Crippen molar-refractivity contribution >= 4 is 0 Å². The van der Waals surface area contributed by atoms with Gasteiger partial charge in [0.05, 0.1) is 12.7 Å². The summed E-state index contributed by atoms with van der Waals surface area (Å²) in [5, 5.41) is 9.19. The summed E-state index contributed by atoms with van der Waals surface area (Å²) in [5.74, 6) is 0. The molecule has 0 spiro atoms. The Morgan fingerprint density at radius 3 is 2.33 bits per heavy atom. The molecule has 0 saturated heterocycles. The molecule has 0 aromatic rings. The van der Waals surface area contributed by atoms with Gasteiger partial charge in [-0.05, 0) is 20.4 Å². The van der Waals surface area contributed by atoms with Gasteiger partial charge in [0.15, 0.2) is 0 Å². The molecule has 2 unspecified atom stereocenters. The van der Waals surface area contributed by atoms with E-state index in [2.05, 4.69) is 18.7 Å². The van der Waals surface area contributed by atoms with Crippen LogP contribution in [-0.2, 0) is 4.74 Å². The molecule has 1 N–H and O–H groups in total. The monoisotopic (exact) mass is 175 g/mol. The maximum absolute atomic E-state index is 9.19. The van der Waals surface area contributed by atoms with Gasteiger partial charge in [0.25, 0.3) is 0 Å². The van der Waals surface area contributed by atoms with E-state index in [1.807, 2.05) is 6.92 Å². The molecule has 3 heteroatoms. The number of nitrogens with zero attached hydrogens (tertiary/aromatic N) is 1. The van der Waals surface area contributed by atoms with Crippen molar-refractivity contribution in [3.05, 3.63) is 0 Å². The first kappa shape index (κ1) is 11.9. The molecule has 0 amide bonds. The van der Waals surface area contributed by atoms with Crippen molar-refractivity contribution in [1.82, 2.24) is 4.90 Å². The molecule has 74 valence electrons. The van der Waals surface area contributed by atoms with E-state index >= 15 is 0 Å². The van der Waals surface area contributed by atoms with Crippen molar-refractivity contribution < 1.29 is 9.84 Å². The second-order valence-electron chi connectivity index (χ2n) is 3.24. The number of rotatable bonds is 6. The molecule has 0 aliphatic heterocycles. The van der Waals surface area contributed by atoms with Crippen molar-refractivity contribution in [2.75, 3.05) is 26.8 Å². The smallest absolute Gasteiger partial charge is 0.0639 e. The zero-order chi connectivity index (χ0) is 9.56. The molecule has 0 bridgehead atoms. The summed E-state index contributed by atoms with van der Waals surface area (Å²) in [7, 11) is 1.70. The van der Waals surface area contributed by atoms with Crippen LogP contribution in [-0.4, -0.2) is 49.0 Å². The minimum Gasteiger partial charge on any atom is -0.392 e. The van der Waals surface area contributed by atoms with Gasteiger partial charge in [0.1, 0.15) is 0 Å². The Balaban J connectivity index is 3.78. The van der Waals surface area contributed by atoms with E-state index in [0.717, 1.165) is 19.7 Å². The lowest BCUT2D eigenvalue weighted by atomic mass is 10.2. The third-order valence-corrected chi connectivity index (χ3v) is 1.94. The van der Waals surface area contributed by atoms with Crippen LogP contribution < -0.4 is 0 Å². The highest BCUT2D eigenvalue weighted by molar-refractivity contribution is 4.67. The first-order valence-corrected chi connectivity index (χ1v) is 4.52. The highest BCUT2D eigenvalue weighted by Gasteiger charge is 2.12. The summed E-state index contributed by atoms with van der Waals surface area (Å²) in [4.78, 5) is 2.20. The van der Waals surface area contributed by atoms with Crippen LogP contribution in [0.1, 0.15) is 20.8 Å². The Labute approximate surface area is 75.3 Å². The van der Waals surface area contributed by atoms with Crippen LogP contribution >= 0.6 is 0 Å². The number of ether oxygens (including phenoxy) is 1. The fraction of sp³-hybridized carbons (Fsp3) is 1.00. The van der Waals surface area contributed by atoms with Crippen LogP contribution in [0.15, 0.2) is 0 Å². The number of aliphatic hydroxyl groups excluding tert-OH is 1. The zero-order valence-electron chi connectivity index (χ0n) is 8.58. The lowest BCUT2D eigenvalue weighted by Crippen LogP contribution is -2.40. The van der Waals surface area contributed by atoms with Gasteiger partial charge in [-0.1, -0.05) is 6.92 Å². The SMILES string of the molecule is CCN(CC(C)O)C(C)COC. The number of aliphatic hydroxyl groups is 1. The standard InChI is InChI=1S/C9H21NO2/c1-5-10(6-9(3)11)8(2)7-12-4/h8-9,11H,5-7H2,1-4H3. The molecular weight excluding hydrogens is 154 g/mol. The predicted molar refractivity (Wildman–Crippen MR) is 50.3 cm³/mol. The Bertz CT molecular complexity index is 107. The van der Waals surface area contributed by atoms with E-state index < -0.39 is 0 Å². The molecular formula is C9H21NO2. The lowest BCUT2D eigenvalue weighted by Gasteiger charge is -2.28. The van der Waals surface area contributed by atoms with Crippen molar-refractivity contribution in [3.8, 4) is 0 Å². The van der Waals surface area contributed by atoms with E-state index in [0.29, 0.717) is 6.04 Å². The minimum absolute atomic E-state index is 0.260. The Kier molecular flexibility index (Phi) is 6.34. The van der Waals surface area contributed by atoms with Gasteiger partial charge in [-0.15, -0.1) is 0 Å². The summed E-state index contributed by atoms with van der Waals surface area (Å²) in [5.41, 5.74) is 0. The van der Waals surface area contributed by atoms with Gasteiger partial charge in [-0.3, -0.25) is 4.90 Å². The lowest BCUT2D eigenvalue weighted by molar-refractivity contribution is 0.0650. The molecule has 0 fully saturated rings. The van der Waals surface area contributed by atoms with Gasteiger partial charge in [0, 0.05) is 19.7 Å². The molecule has 12 heavy (non-hydrogen) atoms. The highest BCUT2D eigenvalue weighted by Crippen LogP contribution is 2.00. The van der Waals surface area contributed by atoms with Crippen LogP contribution in [0.2, 0.25) is 0 Å². The van der Waals surface area contributed by atoms with Crippen LogP contribution in [0.3, 0.4) is 0 Å². The summed E-state index contributed by atoms with van der Waals surface area (Å²) in [6.07, 6.45) is -0.260. The molecule has 0 saturated carbocycles. The molecule has 0 aliphatic rings. The Hall–Kier alpha value is -0.120. The van der Waals surface area contributed by atoms with Crippen molar-refractivity contribution in [2.45, 2.75) is 32.9 Å². The maximum atomic E-state index is 9.19. The van der Waals surface area contributed by atoms with Crippen LogP contribution in [0, 0.1) is 0 Å². The van der Waals surface area contributed by atoms with Gasteiger partial charge in [-0.25, -0.2) is 0 Å². The molecule has 0 rings (SSSR count). The average Bonchev–Trinajstić information content (AvgIpc) is 2.00. The van der Waals surface area contributed by atoms with E-state index in [-0.39, 0.29) is 6.10 Å². The van der Waals surface area contributed by atoms with Crippen molar-refractivity contribution in [2.24, 2.45) is 0 Å². The van der Waals surface area contributed by atoms with E-state index in [9.17, 15) is 5.11 Å². The third kappa shape index (κ3) is 4.70. The molecule has 0 radical (unpaired) electrons. The topological polar surface area (TPSA) is 32.7 Å². The van der Waals surface area contributed by atoms with Crippen LogP contribution in [0.4, 0.5) is 0 Å². The number of methoxy groups -OCH3 is 1. The quantitative estimate of drug-likeness (QED) is 0.646. The zero-order valence-corrected chi connectivity index (χ0v) is 8.58. The molecule has 2 atom stereocenters. The molecule has 0 aromatic carbocycles. The van der Waals surface area contributed by atoms with E-state index in [1.54, 1.807) is 7.11 Å². The normalized spacial score (nSPS) is 16.5. The Morgan fingerprint density at radius 2 is 2.00 bits per heavy atom. The molecule has 0 aliphatic carbocycles. The molecule has 0 aromatic heterocycles. The van der Waals surface area contributed by atoms with Gasteiger partial charge in [0.2, 0.25) is 0 Å². The first-order chi connectivity index (χ1) is 5.61. The fourth-order valence-corrected chi connectivity index (χ4v) is 1.31. The minimum atomic E-state index is -0.260. The van der Waals surface area contributed by atoms with Gasteiger partial charge < -0.3 is 9.84 Å². The highest BCUT2D eigenvalue weighted by atomic mass is 16.5. The van der Waals surface area contributed by atoms with Gasteiger partial charge in [-0.2, -0.15) is 0 Å².